The molecule has 9 nitrogen and oxygen atoms in total. The minimum Gasteiger partial charge on any atom is -0.289 e. The van der Waals surface area contributed by atoms with Crippen LogP contribution in [0.25, 0.3) is 0 Å². The fourth-order valence-corrected chi connectivity index (χ4v) is 3.03. The number of benzene rings is 2. The van der Waals surface area contributed by atoms with Gasteiger partial charge in [0.05, 0.1) is 0 Å². The van der Waals surface area contributed by atoms with E-state index < -0.39 is 20.8 Å². The molecule has 132 valence electrons. The summed E-state index contributed by atoms with van der Waals surface area (Å²) in [6.07, 6.45) is 0. The van der Waals surface area contributed by atoms with Crippen molar-refractivity contribution in [2.75, 3.05) is 0 Å². The molecule has 0 radical (unpaired) electrons. The number of hydrogen-bond donors (Lipinski definition) is 2. The van der Waals surface area contributed by atoms with Crippen LogP contribution in [0.2, 0.25) is 0 Å². The maximum Gasteiger partial charge on any atom is 0.413 e. The van der Waals surface area contributed by atoms with Crippen LogP contribution < -0.4 is 0 Å². The van der Waals surface area contributed by atoms with Gasteiger partial charge in [0.25, 0.3) is 0 Å². The summed E-state index contributed by atoms with van der Waals surface area (Å²) >= 11 is 0. The van der Waals surface area contributed by atoms with Gasteiger partial charge in [0.15, 0.2) is 11.6 Å². The van der Waals surface area contributed by atoms with Gasteiger partial charge < -0.3 is 0 Å². The number of ketones is 2. The topological polar surface area (TPSA) is 152 Å². The number of carbonyl (C=O) groups excluding carboxylic acids is 2. The maximum absolute atomic E-state index is 12.1. The van der Waals surface area contributed by atoms with Gasteiger partial charge in [-0.2, -0.15) is 16.8 Å². The molecule has 0 atom stereocenters. The molecule has 1 aliphatic rings. The number of rotatable bonds is 2. The molecule has 0 aliphatic heterocycles. The highest BCUT2D eigenvalue weighted by atomic mass is 32.3. The average molecular weight is 386 g/mol. The molecule has 2 aromatic rings. The maximum atomic E-state index is 12.1. The Bertz CT molecular complexity index is 918. The highest BCUT2D eigenvalue weighted by Gasteiger charge is 2.28. The predicted octanol–water partition coefficient (Wildman–Crippen LogP) is 1.07. The molecule has 25 heavy (non-hydrogen) atoms. The number of fused-ring (bicyclic) bond motifs is 2. The van der Waals surface area contributed by atoms with Crippen LogP contribution in [0.1, 0.15) is 31.8 Å². The van der Waals surface area contributed by atoms with Gasteiger partial charge in [-0.05, 0) is 0 Å². The van der Waals surface area contributed by atoms with Gasteiger partial charge in [0.1, 0.15) is 0 Å². The van der Waals surface area contributed by atoms with E-state index in [1.54, 1.807) is 48.5 Å². The summed E-state index contributed by atoms with van der Waals surface area (Å²) in [4.78, 5) is 24.2. The monoisotopic (exact) mass is 386 g/mol. The van der Waals surface area contributed by atoms with Crippen LogP contribution >= 0.6 is 0 Å². The van der Waals surface area contributed by atoms with Gasteiger partial charge in [0.2, 0.25) is 0 Å². The SMILES string of the molecule is O=C1c2ccccc2C(=O)c2ccccc21.O=S(=O)(O)OS(=O)(=O)O. The molecule has 11 heteroatoms. The van der Waals surface area contributed by atoms with Crippen LogP contribution in [-0.4, -0.2) is 37.5 Å². The third-order valence-electron chi connectivity index (χ3n) is 3.00. The summed E-state index contributed by atoms with van der Waals surface area (Å²) in [7, 11) is -10.2. The summed E-state index contributed by atoms with van der Waals surface area (Å²) < 4.78 is 55.6. The zero-order valence-electron chi connectivity index (χ0n) is 12.2. The Morgan fingerprint density at radius 3 is 1.00 bits per heavy atom. The van der Waals surface area contributed by atoms with E-state index in [2.05, 4.69) is 3.63 Å². The van der Waals surface area contributed by atoms with E-state index in [4.69, 9.17) is 9.11 Å². The van der Waals surface area contributed by atoms with Gasteiger partial charge >= 0.3 is 20.8 Å². The lowest BCUT2D eigenvalue weighted by Gasteiger charge is -2.16. The molecule has 0 bridgehead atoms. The van der Waals surface area contributed by atoms with Crippen molar-refractivity contribution >= 4 is 32.4 Å². The quantitative estimate of drug-likeness (QED) is 0.616. The van der Waals surface area contributed by atoms with E-state index >= 15 is 0 Å². The summed E-state index contributed by atoms with van der Waals surface area (Å²) in [6, 6.07) is 13.9. The Balaban J connectivity index is 0.000000217. The second kappa shape index (κ2) is 6.82. The molecular weight excluding hydrogens is 376 g/mol. The third-order valence-corrected chi connectivity index (χ3v) is 4.38. The lowest BCUT2D eigenvalue weighted by molar-refractivity contribution is 0.0979. The molecule has 1 aliphatic carbocycles. The van der Waals surface area contributed by atoms with Crippen molar-refractivity contribution in [3.63, 3.8) is 0 Å². The Kier molecular flexibility index (Phi) is 5.15. The highest BCUT2D eigenvalue weighted by molar-refractivity contribution is 7.94. The summed E-state index contributed by atoms with van der Waals surface area (Å²) in [5.74, 6) is -0.128. The Hall–Kier alpha value is -2.44. The highest BCUT2D eigenvalue weighted by Crippen LogP contribution is 2.26. The fourth-order valence-electron chi connectivity index (χ4n) is 2.16. The van der Waals surface area contributed by atoms with E-state index in [1.165, 1.54) is 0 Å². The lowest BCUT2D eigenvalue weighted by atomic mass is 9.84. The molecular formula is C14H10O9S2. The van der Waals surface area contributed by atoms with E-state index in [0.29, 0.717) is 22.3 Å². The van der Waals surface area contributed by atoms with Crippen molar-refractivity contribution < 1.29 is 39.2 Å². The third kappa shape index (κ3) is 4.78. The van der Waals surface area contributed by atoms with Crippen molar-refractivity contribution in [1.29, 1.82) is 0 Å². The van der Waals surface area contributed by atoms with Crippen LogP contribution in [0.3, 0.4) is 0 Å². The van der Waals surface area contributed by atoms with Crippen LogP contribution in [0.5, 0.6) is 0 Å². The molecule has 0 heterocycles. The predicted molar refractivity (Wildman–Crippen MR) is 83.9 cm³/mol. The Morgan fingerprint density at radius 2 is 0.840 bits per heavy atom. The second-order valence-corrected chi connectivity index (χ2v) is 6.93. The number of hydrogen-bond acceptors (Lipinski definition) is 7. The van der Waals surface area contributed by atoms with E-state index in [0.717, 1.165) is 0 Å². The normalized spacial score (nSPS) is 13.4. The van der Waals surface area contributed by atoms with E-state index in [-0.39, 0.29) is 11.6 Å². The molecule has 0 saturated heterocycles. The van der Waals surface area contributed by atoms with Crippen molar-refractivity contribution in [2.45, 2.75) is 0 Å². The Labute approximate surface area is 142 Å². The van der Waals surface area contributed by atoms with Gasteiger partial charge in [-0.1, -0.05) is 48.5 Å². The smallest absolute Gasteiger partial charge is 0.289 e. The van der Waals surface area contributed by atoms with Gasteiger partial charge in [-0.15, -0.1) is 3.63 Å². The first-order valence-electron chi connectivity index (χ1n) is 6.43. The zero-order chi connectivity index (χ0) is 18.8. The molecule has 0 amide bonds. The van der Waals surface area contributed by atoms with Crippen LogP contribution in [0, 0.1) is 0 Å². The molecule has 0 aromatic heterocycles. The first-order valence-corrected chi connectivity index (χ1v) is 9.16. The molecule has 0 unspecified atom stereocenters. The first-order chi connectivity index (χ1) is 11.5. The van der Waals surface area contributed by atoms with Crippen molar-refractivity contribution in [1.82, 2.24) is 0 Å². The van der Waals surface area contributed by atoms with E-state index in [1.807, 2.05) is 0 Å². The lowest BCUT2D eigenvalue weighted by Crippen LogP contribution is -2.20. The fraction of sp³-hybridized carbons (Fsp3) is 0. The zero-order valence-corrected chi connectivity index (χ0v) is 13.8. The molecule has 3 rings (SSSR count). The summed E-state index contributed by atoms with van der Waals surface area (Å²) in [5.41, 5.74) is 2.02. The molecule has 0 fully saturated rings. The second-order valence-electron chi connectivity index (χ2n) is 4.67. The van der Waals surface area contributed by atoms with Gasteiger partial charge in [0, 0.05) is 22.3 Å². The molecule has 0 saturated carbocycles. The van der Waals surface area contributed by atoms with Gasteiger partial charge in [-0.25, -0.2) is 0 Å². The molecule has 0 spiro atoms. The Morgan fingerprint density at radius 1 is 0.600 bits per heavy atom. The minimum absolute atomic E-state index is 0.0641. The van der Waals surface area contributed by atoms with Crippen LogP contribution in [0.4, 0.5) is 0 Å². The first kappa shape index (κ1) is 18.9. The van der Waals surface area contributed by atoms with Crippen molar-refractivity contribution in [3.8, 4) is 0 Å². The molecule has 2 aromatic carbocycles. The number of carbonyl (C=O) groups is 2. The standard InChI is InChI=1S/C14H8O2.H2O7S2/c15-13-9-5-1-2-6-10(9)14(16)12-8-4-3-7-11(12)13;1-8(2,3)7-9(4,5)6/h1-8H;(H,1,2,3)(H,4,5,6). The largest absolute Gasteiger partial charge is 0.413 e. The van der Waals surface area contributed by atoms with Crippen LogP contribution in [-0.2, 0) is 24.4 Å². The summed E-state index contributed by atoms with van der Waals surface area (Å²) in [5, 5.41) is 0. The minimum atomic E-state index is -5.12. The summed E-state index contributed by atoms with van der Waals surface area (Å²) in [6.45, 7) is 0. The van der Waals surface area contributed by atoms with Crippen molar-refractivity contribution in [3.05, 3.63) is 70.8 Å². The van der Waals surface area contributed by atoms with Crippen molar-refractivity contribution in [2.24, 2.45) is 0 Å². The van der Waals surface area contributed by atoms with E-state index in [9.17, 15) is 26.4 Å². The van der Waals surface area contributed by atoms with Gasteiger partial charge in [-0.3, -0.25) is 18.7 Å². The average Bonchev–Trinajstić information content (AvgIpc) is 2.50. The van der Waals surface area contributed by atoms with Crippen LogP contribution in [0.15, 0.2) is 48.5 Å². The molecule has 2 N–H and O–H groups in total.